The second kappa shape index (κ2) is 9.73. The quantitative estimate of drug-likeness (QED) is 0.528. The fourth-order valence-electron chi connectivity index (χ4n) is 3.55. The van der Waals surface area contributed by atoms with Crippen molar-refractivity contribution in [3.63, 3.8) is 0 Å². The standard InChI is InChI=1S/C23H23Cl2N3O3/c1-16-20(15-30-19-5-3-2-4-6-19)22(26-31-16)23(29)28-11-9-27(10-12-28)14-17-7-8-18(24)13-21(17)25/h2-8,13H,9-12,14-15H2,1H3. The van der Waals surface area contributed by atoms with Gasteiger partial charge in [-0.3, -0.25) is 9.69 Å². The van der Waals surface area contributed by atoms with Gasteiger partial charge in [0, 0.05) is 42.8 Å². The molecule has 31 heavy (non-hydrogen) atoms. The van der Waals surface area contributed by atoms with Gasteiger partial charge in [0.2, 0.25) is 0 Å². The third kappa shape index (κ3) is 5.21. The zero-order chi connectivity index (χ0) is 21.8. The Morgan fingerprint density at radius 2 is 1.84 bits per heavy atom. The summed E-state index contributed by atoms with van der Waals surface area (Å²) in [6, 6.07) is 15.0. The van der Waals surface area contributed by atoms with Crippen LogP contribution in [0.1, 0.15) is 27.4 Å². The first kappa shape index (κ1) is 21.7. The summed E-state index contributed by atoms with van der Waals surface area (Å²) in [5, 5.41) is 5.30. The number of benzene rings is 2. The van der Waals surface area contributed by atoms with E-state index >= 15 is 0 Å². The van der Waals surface area contributed by atoms with E-state index in [-0.39, 0.29) is 12.5 Å². The van der Waals surface area contributed by atoms with Crippen molar-refractivity contribution < 1.29 is 14.1 Å². The van der Waals surface area contributed by atoms with Crippen molar-refractivity contribution >= 4 is 29.1 Å². The summed E-state index contributed by atoms with van der Waals surface area (Å²) in [5.41, 5.74) is 2.03. The molecule has 1 aromatic heterocycles. The lowest BCUT2D eigenvalue weighted by atomic mass is 10.1. The third-order valence-corrected chi connectivity index (χ3v) is 5.97. The molecule has 1 fully saturated rings. The monoisotopic (exact) mass is 459 g/mol. The molecule has 2 heterocycles. The highest BCUT2D eigenvalue weighted by molar-refractivity contribution is 6.35. The van der Waals surface area contributed by atoms with Gasteiger partial charge in [0.15, 0.2) is 5.69 Å². The maximum atomic E-state index is 13.1. The number of para-hydroxylation sites is 1. The molecule has 0 unspecified atom stereocenters. The van der Waals surface area contributed by atoms with Crippen LogP contribution in [-0.4, -0.2) is 47.0 Å². The minimum absolute atomic E-state index is 0.132. The van der Waals surface area contributed by atoms with Crippen molar-refractivity contribution in [2.24, 2.45) is 0 Å². The van der Waals surface area contributed by atoms with E-state index < -0.39 is 0 Å². The topological polar surface area (TPSA) is 58.8 Å². The fourth-order valence-corrected chi connectivity index (χ4v) is 4.02. The Balaban J connectivity index is 1.36. The molecule has 0 radical (unpaired) electrons. The predicted molar refractivity (Wildman–Crippen MR) is 120 cm³/mol. The molecule has 2 aromatic carbocycles. The minimum atomic E-state index is -0.132. The first-order chi connectivity index (χ1) is 15.0. The van der Waals surface area contributed by atoms with Gasteiger partial charge in [-0.15, -0.1) is 0 Å². The first-order valence-electron chi connectivity index (χ1n) is 10.1. The lowest BCUT2D eigenvalue weighted by molar-refractivity contribution is 0.0616. The highest BCUT2D eigenvalue weighted by Crippen LogP contribution is 2.24. The molecule has 0 bridgehead atoms. The molecule has 0 aliphatic carbocycles. The number of carbonyl (C=O) groups is 1. The normalized spacial score (nSPS) is 14.6. The Bertz CT molecular complexity index is 1050. The number of halogens is 2. The summed E-state index contributed by atoms with van der Waals surface area (Å²) in [7, 11) is 0. The summed E-state index contributed by atoms with van der Waals surface area (Å²) in [6.07, 6.45) is 0. The molecule has 0 spiro atoms. The zero-order valence-corrected chi connectivity index (χ0v) is 18.7. The second-order valence-electron chi connectivity index (χ2n) is 7.47. The molecule has 1 aliphatic heterocycles. The Morgan fingerprint density at radius 1 is 1.10 bits per heavy atom. The van der Waals surface area contributed by atoms with Gasteiger partial charge in [-0.05, 0) is 36.8 Å². The molecule has 1 aliphatic rings. The smallest absolute Gasteiger partial charge is 0.276 e. The number of hydrogen-bond donors (Lipinski definition) is 0. The molecule has 1 saturated heterocycles. The van der Waals surface area contributed by atoms with Crippen LogP contribution in [-0.2, 0) is 13.2 Å². The molecule has 0 N–H and O–H groups in total. The maximum absolute atomic E-state index is 13.1. The van der Waals surface area contributed by atoms with E-state index in [1.165, 1.54) is 0 Å². The van der Waals surface area contributed by atoms with Crippen LogP contribution in [0, 0.1) is 6.92 Å². The molecule has 3 aromatic rings. The lowest BCUT2D eigenvalue weighted by Gasteiger charge is -2.34. The first-order valence-corrected chi connectivity index (χ1v) is 10.9. The summed E-state index contributed by atoms with van der Waals surface area (Å²) in [5.74, 6) is 1.19. The van der Waals surface area contributed by atoms with Gasteiger partial charge in [-0.1, -0.05) is 52.6 Å². The van der Waals surface area contributed by atoms with Gasteiger partial charge in [-0.2, -0.15) is 0 Å². The van der Waals surface area contributed by atoms with Gasteiger partial charge in [0.05, 0.1) is 5.56 Å². The Morgan fingerprint density at radius 3 is 2.55 bits per heavy atom. The Kier molecular flexibility index (Phi) is 6.80. The van der Waals surface area contributed by atoms with Crippen LogP contribution in [0.5, 0.6) is 5.75 Å². The molecule has 0 atom stereocenters. The summed E-state index contributed by atoms with van der Waals surface area (Å²) in [4.78, 5) is 17.2. The van der Waals surface area contributed by atoms with Crippen LogP contribution in [0.4, 0.5) is 0 Å². The number of aryl methyl sites for hydroxylation is 1. The molecule has 162 valence electrons. The third-order valence-electron chi connectivity index (χ3n) is 5.38. The van der Waals surface area contributed by atoms with E-state index in [2.05, 4.69) is 10.1 Å². The number of aromatic nitrogens is 1. The molecule has 0 saturated carbocycles. The highest BCUT2D eigenvalue weighted by atomic mass is 35.5. The van der Waals surface area contributed by atoms with Crippen LogP contribution in [0.25, 0.3) is 0 Å². The van der Waals surface area contributed by atoms with E-state index in [1.807, 2.05) is 47.4 Å². The fraction of sp³-hybridized carbons (Fsp3) is 0.304. The average Bonchev–Trinajstić information content (AvgIpc) is 3.15. The summed E-state index contributed by atoms with van der Waals surface area (Å²) >= 11 is 12.3. The Hall–Kier alpha value is -2.54. The summed E-state index contributed by atoms with van der Waals surface area (Å²) < 4.78 is 11.1. The number of rotatable bonds is 6. The number of carbonyl (C=O) groups excluding carboxylic acids is 1. The van der Waals surface area contributed by atoms with Gasteiger partial charge >= 0.3 is 0 Å². The van der Waals surface area contributed by atoms with Crippen LogP contribution in [0.15, 0.2) is 53.1 Å². The molecule has 1 amide bonds. The largest absolute Gasteiger partial charge is 0.489 e. The van der Waals surface area contributed by atoms with Gasteiger partial charge in [0.1, 0.15) is 18.1 Å². The predicted octanol–water partition coefficient (Wildman–Crippen LogP) is 4.83. The number of nitrogens with zero attached hydrogens (tertiary/aromatic N) is 3. The second-order valence-corrected chi connectivity index (χ2v) is 8.32. The van der Waals surface area contributed by atoms with Crippen LogP contribution in [0.3, 0.4) is 0 Å². The van der Waals surface area contributed by atoms with Crippen molar-refractivity contribution in [2.45, 2.75) is 20.1 Å². The van der Waals surface area contributed by atoms with Gasteiger partial charge < -0.3 is 14.2 Å². The van der Waals surface area contributed by atoms with E-state index in [1.54, 1.807) is 13.0 Å². The van der Waals surface area contributed by atoms with Crippen LogP contribution < -0.4 is 4.74 Å². The van der Waals surface area contributed by atoms with Crippen LogP contribution >= 0.6 is 23.2 Å². The molecule has 8 heteroatoms. The lowest BCUT2D eigenvalue weighted by Crippen LogP contribution is -2.48. The maximum Gasteiger partial charge on any atom is 0.276 e. The molecule has 4 rings (SSSR count). The van der Waals surface area contributed by atoms with E-state index in [4.69, 9.17) is 32.5 Å². The number of amides is 1. The van der Waals surface area contributed by atoms with Gasteiger partial charge in [0.25, 0.3) is 5.91 Å². The van der Waals surface area contributed by atoms with Crippen molar-refractivity contribution in [1.29, 1.82) is 0 Å². The van der Waals surface area contributed by atoms with E-state index in [9.17, 15) is 4.79 Å². The molecule has 6 nitrogen and oxygen atoms in total. The van der Waals surface area contributed by atoms with E-state index in [0.29, 0.717) is 40.2 Å². The summed E-state index contributed by atoms with van der Waals surface area (Å²) in [6.45, 7) is 5.45. The average molecular weight is 460 g/mol. The van der Waals surface area contributed by atoms with Crippen molar-refractivity contribution in [3.05, 3.63) is 81.2 Å². The number of ether oxygens (including phenoxy) is 1. The van der Waals surface area contributed by atoms with Gasteiger partial charge in [-0.25, -0.2) is 0 Å². The van der Waals surface area contributed by atoms with Crippen molar-refractivity contribution in [2.75, 3.05) is 26.2 Å². The molecular formula is C23H23Cl2N3O3. The van der Waals surface area contributed by atoms with Crippen molar-refractivity contribution in [1.82, 2.24) is 15.0 Å². The SMILES string of the molecule is Cc1onc(C(=O)N2CCN(Cc3ccc(Cl)cc3Cl)CC2)c1COc1ccccc1. The highest BCUT2D eigenvalue weighted by Gasteiger charge is 2.28. The van der Waals surface area contributed by atoms with E-state index in [0.717, 1.165) is 30.9 Å². The molecular weight excluding hydrogens is 437 g/mol. The minimum Gasteiger partial charge on any atom is -0.489 e. The number of hydrogen-bond acceptors (Lipinski definition) is 5. The Labute approximate surface area is 191 Å². The zero-order valence-electron chi connectivity index (χ0n) is 17.2. The van der Waals surface area contributed by atoms with Crippen LogP contribution in [0.2, 0.25) is 10.0 Å². The number of piperazine rings is 1. The van der Waals surface area contributed by atoms with Crippen molar-refractivity contribution in [3.8, 4) is 5.75 Å².